The molecule has 3 aliphatic rings. The number of nitrogens with zero attached hydrogens (tertiary/aromatic N) is 2. The molecule has 3 fully saturated rings. The van der Waals surface area contributed by atoms with Crippen LogP contribution in [-0.4, -0.2) is 70.4 Å². The average Bonchev–Trinajstić information content (AvgIpc) is 3.45. The number of methoxy groups -OCH3 is 1. The smallest absolute Gasteiger partial charge is 0.310 e. The second kappa shape index (κ2) is 9.81. The Balaban J connectivity index is 1.68. The van der Waals surface area contributed by atoms with Crippen LogP contribution in [0.15, 0.2) is 67.3 Å². The fraction of sp³-hybridized carbons (Fsp3) is 0.433. The summed E-state index contributed by atoms with van der Waals surface area (Å²) in [6, 6.07) is 13.9. The van der Waals surface area contributed by atoms with Crippen LogP contribution in [0.25, 0.3) is 0 Å². The first-order chi connectivity index (χ1) is 18.6. The maximum Gasteiger partial charge on any atom is 0.310 e. The highest BCUT2D eigenvalue weighted by atomic mass is 16.5. The molecule has 9 nitrogen and oxygen atoms in total. The maximum atomic E-state index is 14.7. The van der Waals surface area contributed by atoms with Gasteiger partial charge >= 0.3 is 5.97 Å². The third-order valence-electron chi connectivity index (χ3n) is 8.91. The highest BCUT2D eigenvalue weighted by molar-refractivity contribution is 6.05. The van der Waals surface area contributed by atoms with E-state index >= 15 is 0 Å². The van der Waals surface area contributed by atoms with Gasteiger partial charge in [-0.05, 0) is 49.1 Å². The van der Waals surface area contributed by atoms with E-state index in [-0.39, 0.29) is 12.5 Å². The molecule has 206 valence electrons. The van der Waals surface area contributed by atoms with Crippen molar-refractivity contribution in [1.82, 2.24) is 4.90 Å². The number of anilines is 1. The second-order valence-electron chi connectivity index (χ2n) is 10.8. The Morgan fingerprint density at radius 2 is 1.90 bits per heavy atom. The number of amides is 2. The maximum absolute atomic E-state index is 14.7. The van der Waals surface area contributed by atoms with Crippen molar-refractivity contribution in [3.05, 3.63) is 72.8 Å². The number of likely N-dealkylation sites (tertiary alicyclic amines) is 1. The van der Waals surface area contributed by atoms with Crippen LogP contribution in [0.3, 0.4) is 0 Å². The van der Waals surface area contributed by atoms with E-state index in [1.807, 2.05) is 13.0 Å². The molecule has 0 aromatic heterocycles. The zero-order valence-corrected chi connectivity index (χ0v) is 22.3. The molecule has 0 saturated carbocycles. The number of ether oxygens (including phenoxy) is 2. The van der Waals surface area contributed by atoms with Gasteiger partial charge < -0.3 is 29.5 Å². The van der Waals surface area contributed by atoms with Crippen LogP contribution in [0.1, 0.15) is 31.9 Å². The fourth-order valence-corrected chi connectivity index (χ4v) is 7.06. The summed E-state index contributed by atoms with van der Waals surface area (Å²) in [6.07, 6.45) is 1.93. The predicted octanol–water partition coefficient (Wildman–Crippen LogP) is 3.04. The molecule has 5 rings (SSSR count). The van der Waals surface area contributed by atoms with Gasteiger partial charge in [0.15, 0.2) is 0 Å². The number of benzene rings is 2. The Morgan fingerprint density at radius 3 is 2.46 bits per heavy atom. The summed E-state index contributed by atoms with van der Waals surface area (Å²) in [7, 11) is 1.55. The minimum absolute atomic E-state index is 0.148. The van der Waals surface area contributed by atoms with Gasteiger partial charge in [-0.3, -0.25) is 14.4 Å². The summed E-state index contributed by atoms with van der Waals surface area (Å²) in [5, 5.41) is 20.9. The van der Waals surface area contributed by atoms with Crippen molar-refractivity contribution < 1.29 is 34.1 Å². The molecule has 2 aromatic carbocycles. The number of carboxylic acid groups (broad SMARTS) is 1. The van der Waals surface area contributed by atoms with Gasteiger partial charge in [0.1, 0.15) is 23.3 Å². The molecular formula is C30H34N2O7. The Bertz CT molecular complexity index is 1280. The molecule has 2 amide bonds. The highest BCUT2D eigenvalue weighted by Crippen LogP contribution is 2.66. The predicted molar refractivity (Wildman–Crippen MR) is 143 cm³/mol. The Kier molecular flexibility index (Phi) is 6.76. The summed E-state index contributed by atoms with van der Waals surface area (Å²) in [5.74, 6) is -3.83. The molecule has 3 saturated heterocycles. The first kappa shape index (κ1) is 26.9. The number of fused-ring (bicyclic) bond motifs is 1. The van der Waals surface area contributed by atoms with E-state index in [0.717, 1.165) is 0 Å². The fourth-order valence-electron chi connectivity index (χ4n) is 7.06. The standard InChI is InChI=1S/C30H34N2O7/c1-5-15-31(20-11-13-21(38-4)14-12-20)27(35)25-30-16-18(2)29(3,39-30)24(28(36)37)23(30)26(34)32(25)22(17-33)19-9-7-6-8-10-19/h5-14,18,22-25,33H,1,15-17H2,2-4H3,(H,36,37)/t18?,22-,23+,24+,25?,29-,30?/m1/s1. The van der Waals surface area contributed by atoms with Crippen LogP contribution in [-0.2, 0) is 19.1 Å². The van der Waals surface area contributed by atoms with Gasteiger partial charge in [0, 0.05) is 12.2 Å². The van der Waals surface area contributed by atoms with Crippen molar-refractivity contribution in [2.24, 2.45) is 17.8 Å². The topological polar surface area (TPSA) is 117 Å². The van der Waals surface area contributed by atoms with Crippen LogP contribution < -0.4 is 9.64 Å². The summed E-state index contributed by atoms with van der Waals surface area (Å²) in [5.41, 5.74) is -1.26. The number of rotatable bonds is 9. The van der Waals surface area contributed by atoms with E-state index in [0.29, 0.717) is 23.4 Å². The zero-order chi connectivity index (χ0) is 28.1. The molecule has 3 unspecified atom stereocenters. The Hall–Kier alpha value is -3.69. The zero-order valence-electron chi connectivity index (χ0n) is 22.3. The Labute approximate surface area is 227 Å². The Morgan fingerprint density at radius 1 is 1.23 bits per heavy atom. The van der Waals surface area contributed by atoms with Crippen LogP contribution in [0.4, 0.5) is 5.69 Å². The van der Waals surface area contributed by atoms with Crippen LogP contribution in [0.2, 0.25) is 0 Å². The number of hydrogen-bond donors (Lipinski definition) is 2. The monoisotopic (exact) mass is 534 g/mol. The number of aliphatic hydroxyl groups is 1. The summed E-state index contributed by atoms with van der Waals surface area (Å²) >= 11 is 0. The average molecular weight is 535 g/mol. The number of carboxylic acids is 1. The lowest BCUT2D eigenvalue weighted by atomic mass is 9.62. The number of aliphatic carboxylic acids is 1. The first-order valence-corrected chi connectivity index (χ1v) is 13.1. The first-order valence-electron chi connectivity index (χ1n) is 13.1. The van der Waals surface area contributed by atoms with Gasteiger partial charge in [0.25, 0.3) is 5.91 Å². The largest absolute Gasteiger partial charge is 0.497 e. The van der Waals surface area contributed by atoms with E-state index in [1.54, 1.807) is 68.6 Å². The molecule has 2 bridgehead atoms. The van der Waals surface area contributed by atoms with Gasteiger partial charge in [-0.15, -0.1) is 6.58 Å². The molecule has 2 N–H and O–H groups in total. The lowest BCUT2D eigenvalue weighted by Crippen LogP contribution is -2.57. The third kappa shape index (κ3) is 3.86. The van der Waals surface area contributed by atoms with Crippen molar-refractivity contribution in [3.8, 4) is 5.75 Å². The molecule has 7 atom stereocenters. The minimum atomic E-state index is -1.36. The number of hydrogen-bond acceptors (Lipinski definition) is 6. The van der Waals surface area contributed by atoms with E-state index in [9.17, 15) is 24.6 Å². The van der Waals surface area contributed by atoms with E-state index in [4.69, 9.17) is 9.47 Å². The van der Waals surface area contributed by atoms with Crippen molar-refractivity contribution >= 4 is 23.5 Å². The molecule has 1 spiro atoms. The van der Waals surface area contributed by atoms with Crippen molar-refractivity contribution in [3.63, 3.8) is 0 Å². The van der Waals surface area contributed by atoms with Crippen LogP contribution >= 0.6 is 0 Å². The van der Waals surface area contributed by atoms with Crippen molar-refractivity contribution in [2.75, 3.05) is 25.2 Å². The number of aliphatic hydroxyl groups excluding tert-OH is 1. The van der Waals surface area contributed by atoms with Gasteiger partial charge in [0.05, 0.1) is 31.3 Å². The van der Waals surface area contributed by atoms with Gasteiger partial charge in [-0.25, -0.2) is 0 Å². The SMILES string of the molecule is C=CCN(C(=O)C1N([C@H](CO)c2ccccc2)C(=O)[C@@H]2[C@@H](C(=O)O)[C@]3(C)OC12CC3C)c1ccc(OC)cc1. The third-order valence-corrected chi connectivity index (χ3v) is 8.91. The van der Waals surface area contributed by atoms with Crippen molar-refractivity contribution in [1.29, 1.82) is 0 Å². The van der Waals surface area contributed by atoms with Crippen molar-refractivity contribution in [2.45, 2.75) is 43.6 Å². The summed E-state index contributed by atoms with van der Waals surface area (Å²) in [4.78, 5) is 44.5. The number of carbonyl (C=O) groups excluding carboxylic acids is 2. The minimum Gasteiger partial charge on any atom is -0.497 e. The molecular weight excluding hydrogens is 500 g/mol. The summed E-state index contributed by atoms with van der Waals surface area (Å²) < 4.78 is 11.9. The molecule has 39 heavy (non-hydrogen) atoms. The molecule has 0 aliphatic carbocycles. The lowest BCUT2D eigenvalue weighted by Gasteiger charge is -2.39. The van der Waals surface area contributed by atoms with Gasteiger partial charge in [0.2, 0.25) is 5.91 Å². The molecule has 9 heteroatoms. The van der Waals surface area contributed by atoms with Gasteiger partial charge in [-0.2, -0.15) is 0 Å². The molecule has 3 heterocycles. The number of carbonyl (C=O) groups is 3. The highest BCUT2D eigenvalue weighted by Gasteiger charge is 2.80. The molecule has 3 aliphatic heterocycles. The van der Waals surface area contributed by atoms with E-state index in [1.165, 1.54) is 9.80 Å². The second-order valence-corrected chi connectivity index (χ2v) is 10.8. The lowest BCUT2D eigenvalue weighted by molar-refractivity contribution is -0.157. The van der Waals surface area contributed by atoms with Gasteiger partial charge in [-0.1, -0.05) is 43.3 Å². The van der Waals surface area contributed by atoms with E-state index in [2.05, 4.69) is 6.58 Å². The molecule has 2 aromatic rings. The van der Waals surface area contributed by atoms with E-state index < -0.39 is 59.5 Å². The van der Waals surface area contributed by atoms with Crippen LogP contribution in [0.5, 0.6) is 5.75 Å². The normalized spacial score (nSPS) is 31.6. The summed E-state index contributed by atoms with van der Waals surface area (Å²) in [6.45, 7) is 7.16. The van der Waals surface area contributed by atoms with Crippen LogP contribution in [0, 0.1) is 17.8 Å². The molecule has 0 radical (unpaired) electrons. The quantitative estimate of drug-likeness (QED) is 0.475.